The standard InChI is InChI=1S/C13H15ClN4O2S/c1-17-9-16-13(12(17)14)21(19,20)18-8-2-3-11(18)10-4-6-15-7-5-10/h4-7,9,11H,2-3,8H2,1H3/t11-/m1/s1. The number of aryl methyl sites for hydroxylation is 1. The number of pyridine rings is 1. The van der Waals surface area contributed by atoms with E-state index in [0.29, 0.717) is 6.54 Å². The summed E-state index contributed by atoms with van der Waals surface area (Å²) in [5, 5.41) is 0.0583. The number of halogens is 1. The highest BCUT2D eigenvalue weighted by Gasteiger charge is 2.38. The van der Waals surface area contributed by atoms with Crippen LogP contribution in [0.1, 0.15) is 24.4 Å². The minimum atomic E-state index is -3.70. The summed E-state index contributed by atoms with van der Waals surface area (Å²) in [5.74, 6) is 0. The normalized spacial score (nSPS) is 20.0. The Labute approximate surface area is 128 Å². The van der Waals surface area contributed by atoms with E-state index < -0.39 is 10.0 Å². The van der Waals surface area contributed by atoms with Crippen LogP contribution in [0.25, 0.3) is 0 Å². The smallest absolute Gasteiger partial charge is 0.264 e. The maximum atomic E-state index is 12.8. The Morgan fingerprint density at radius 1 is 1.33 bits per heavy atom. The highest BCUT2D eigenvalue weighted by atomic mass is 35.5. The Kier molecular flexibility index (Phi) is 3.73. The maximum absolute atomic E-state index is 12.8. The average Bonchev–Trinajstić information content (AvgIpc) is 3.09. The summed E-state index contributed by atoms with van der Waals surface area (Å²) < 4.78 is 28.6. The molecule has 2 aromatic heterocycles. The lowest BCUT2D eigenvalue weighted by Gasteiger charge is -2.23. The number of hydrogen-bond donors (Lipinski definition) is 0. The van der Waals surface area contributed by atoms with Crippen LogP contribution < -0.4 is 0 Å². The van der Waals surface area contributed by atoms with Crippen molar-refractivity contribution in [3.63, 3.8) is 0 Å². The van der Waals surface area contributed by atoms with Crippen LogP contribution in [-0.4, -0.2) is 33.8 Å². The van der Waals surface area contributed by atoms with Crippen molar-refractivity contribution in [3.05, 3.63) is 41.6 Å². The van der Waals surface area contributed by atoms with Gasteiger partial charge >= 0.3 is 0 Å². The van der Waals surface area contributed by atoms with Crippen LogP contribution in [-0.2, 0) is 17.1 Å². The molecule has 0 radical (unpaired) electrons. The maximum Gasteiger partial charge on any atom is 0.264 e. The molecule has 1 aliphatic heterocycles. The lowest BCUT2D eigenvalue weighted by molar-refractivity contribution is 0.395. The molecular weight excluding hydrogens is 312 g/mol. The van der Waals surface area contributed by atoms with Gasteiger partial charge in [-0.25, -0.2) is 13.4 Å². The average molecular weight is 327 g/mol. The molecule has 2 aromatic rings. The number of aromatic nitrogens is 3. The predicted molar refractivity (Wildman–Crippen MR) is 78.3 cm³/mol. The van der Waals surface area contributed by atoms with Gasteiger partial charge in [0.15, 0.2) is 0 Å². The van der Waals surface area contributed by atoms with Crippen molar-refractivity contribution < 1.29 is 8.42 Å². The van der Waals surface area contributed by atoms with Gasteiger partial charge < -0.3 is 4.57 Å². The molecule has 3 heterocycles. The summed E-state index contributed by atoms with van der Waals surface area (Å²) in [6.07, 6.45) is 6.36. The Bertz CT molecular complexity index is 745. The summed E-state index contributed by atoms with van der Waals surface area (Å²) >= 11 is 6.05. The highest BCUT2D eigenvalue weighted by Crippen LogP contribution is 2.37. The van der Waals surface area contributed by atoms with E-state index in [2.05, 4.69) is 9.97 Å². The van der Waals surface area contributed by atoms with E-state index in [4.69, 9.17) is 11.6 Å². The van der Waals surface area contributed by atoms with Crippen LogP contribution >= 0.6 is 11.6 Å². The molecule has 3 rings (SSSR count). The van der Waals surface area contributed by atoms with E-state index in [0.717, 1.165) is 18.4 Å². The van der Waals surface area contributed by atoms with E-state index in [1.165, 1.54) is 15.2 Å². The number of rotatable bonds is 3. The SMILES string of the molecule is Cn1cnc(S(=O)(=O)N2CCC[C@@H]2c2ccncc2)c1Cl. The van der Waals surface area contributed by atoms with Crippen LogP contribution in [0.2, 0.25) is 5.15 Å². The van der Waals surface area contributed by atoms with Gasteiger partial charge in [-0.3, -0.25) is 4.98 Å². The Morgan fingerprint density at radius 2 is 2.05 bits per heavy atom. The van der Waals surface area contributed by atoms with E-state index in [1.54, 1.807) is 19.4 Å². The van der Waals surface area contributed by atoms with Crippen LogP contribution in [0.4, 0.5) is 0 Å². The molecule has 1 saturated heterocycles. The predicted octanol–water partition coefficient (Wildman–Crippen LogP) is 1.99. The van der Waals surface area contributed by atoms with Crippen molar-refractivity contribution >= 4 is 21.6 Å². The zero-order valence-corrected chi connectivity index (χ0v) is 13.0. The molecule has 0 spiro atoms. The van der Waals surface area contributed by atoms with E-state index in [1.807, 2.05) is 12.1 Å². The van der Waals surface area contributed by atoms with E-state index in [9.17, 15) is 8.42 Å². The van der Waals surface area contributed by atoms with Gasteiger partial charge in [0.25, 0.3) is 10.0 Å². The summed E-state index contributed by atoms with van der Waals surface area (Å²) in [7, 11) is -2.03. The third kappa shape index (κ3) is 2.45. The summed E-state index contributed by atoms with van der Waals surface area (Å²) in [5.41, 5.74) is 0.943. The van der Waals surface area contributed by atoms with Gasteiger partial charge in [0.05, 0.1) is 12.4 Å². The lowest BCUT2D eigenvalue weighted by atomic mass is 10.1. The molecule has 8 heteroatoms. The Morgan fingerprint density at radius 3 is 2.67 bits per heavy atom. The van der Waals surface area contributed by atoms with Crippen molar-refractivity contribution in [2.24, 2.45) is 7.05 Å². The first kappa shape index (κ1) is 14.5. The number of sulfonamides is 1. The zero-order valence-electron chi connectivity index (χ0n) is 11.5. The molecule has 1 fully saturated rings. The van der Waals surface area contributed by atoms with Gasteiger partial charge in [0.1, 0.15) is 5.15 Å². The largest absolute Gasteiger partial charge is 0.324 e. The van der Waals surface area contributed by atoms with Gasteiger partial charge in [0.2, 0.25) is 5.03 Å². The highest BCUT2D eigenvalue weighted by molar-refractivity contribution is 7.89. The molecule has 0 aromatic carbocycles. The van der Waals surface area contributed by atoms with Crippen molar-refractivity contribution in [3.8, 4) is 0 Å². The molecule has 0 unspecified atom stereocenters. The molecule has 112 valence electrons. The third-order valence-corrected chi connectivity index (χ3v) is 6.08. The minimum Gasteiger partial charge on any atom is -0.324 e. The molecule has 0 amide bonds. The molecule has 1 atom stereocenters. The summed E-state index contributed by atoms with van der Waals surface area (Å²) in [6.45, 7) is 0.474. The molecule has 21 heavy (non-hydrogen) atoms. The Hall–Kier alpha value is -1.44. The fourth-order valence-electron chi connectivity index (χ4n) is 2.62. The topological polar surface area (TPSA) is 68.1 Å². The van der Waals surface area contributed by atoms with Gasteiger partial charge in [0, 0.05) is 26.0 Å². The van der Waals surface area contributed by atoms with Crippen LogP contribution in [0, 0.1) is 0 Å². The first-order chi connectivity index (χ1) is 10.0. The van der Waals surface area contributed by atoms with Crippen LogP contribution in [0.5, 0.6) is 0 Å². The fourth-order valence-corrected chi connectivity index (χ4v) is 4.70. The lowest BCUT2D eigenvalue weighted by Crippen LogP contribution is -2.31. The molecular formula is C13H15ClN4O2S. The van der Waals surface area contributed by atoms with Gasteiger partial charge in [-0.05, 0) is 30.5 Å². The Balaban J connectivity index is 2.00. The van der Waals surface area contributed by atoms with Gasteiger partial charge in [-0.1, -0.05) is 11.6 Å². The second kappa shape index (κ2) is 5.40. The van der Waals surface area contributed by atoms with Crippen molar-refractivity contribution in [2.45, 2.75) is 23.9 Å². The molecule has 0 saturated carbocycles. The minimum absolute atomic E-state index is 0.0763. The molecule has 6 nitrogen and oxygen atoms in total. The van der Waals surface area contributed by atoms with Crippen LogP contribution in [0.15, 0.2) is 35.9 Å². The van der Waals surface area contributed by atoms with E-state index in [-0.39, 0.29) is 16.2 Å². The molecule has 0 N–H and O–H groups in total. The van der Waals surface area contributed by atoms with Gasteiger partial charge in [-0.15, -0.1) is 0 Å². The number of nitrogens with zero attached hydrogens (tertiary/aromatic N) is 4. The number of imidazole rings is 1. The van der Waals surface area contributed by atoms with Gasteiger partial charge in [-0.2, -0.15) is 4.31 Å². The molecule has 1 aliphatic rings. The van der Waals surface area contributed by atoms with Crippen LogP contribution in [0.3, 0.4) is 0 Å². The molecule has 0 aliphatic carbocycles. The first-order valence-corrected chi connectivity index (χ1v) is 8.42. The van der Waals surface area contributed by atoms with Crippen molar-refractivity contribution in [1.29, 1.82) is 0 Å². The third-order valence-electron chi connectivity index (χ3n) is 3.68. The second-order valence-electron chi connectivity index (χ2n) is 5.01. The second-order valence-corrected chi connectivity index (χ2v) is 7.17. The fraction of sp³-hybridized carbons (Fsp3) is 0.385. The first-order valence-electron chi connectivity index (χ1n) is 6.60. The van der Waals surface area contributed by atoms with Crippen molar-refractivity contribution in [2.75, 3.05) is 6.54 Å². The summed E-state index contributed by atoms with van der Waals surface area (Å²) in [6, 6.07) is 3.51. The monoisotopic (exact) mass is 326 g/mol. The summed E-state index contributed by atoms with van der Waals surface area (Å²) in [4.78, 5) is 7.92. The zero-order chi connectivity index (χ0) is 15.0. The molecule has 0 bridgehead atoms. The van der Waals surface area contributed by atoms with Crippen molar-refractivity contribution in [1.82, 2.24) is 18.8 Å². The number of hydrogen-bond acceptors (Lipinski definition) is 4. The quantitative estimate of drug-likeness (QED) is 0.865. The van der Waals surface area contributed by atoms with E-state index >= 15 is 0 Å².